The summed E-state index contributed by atoms with van der Waals surface area (Å²) >= 11 is 0. The van der Waals surface area contributed by atoms with Gasteiger partial charge >= 0.3 is 0 Å². The maximum atomic E-state index is 11.7. The number of hydrogen-bond acceptors (Lipinski definition) is 4. The normalized spacial score (nSPS) is 9.90. The molecule has 1 aromatic carbocycles. The van der Waals surface area contributed by atoms with Gasteiger partial charge in [-0.25, -0.2) is 4.98 Å². The van der Waals surface area contributed by atoms with Crippen LogP contribution < -0.4 is 16.4 Å². The zero-order valence-electron chi connectivity index (χ0n) is 11.4. The summed E-state index contributed by atoms with van der Waals surface area (Å²) in [5.74, 6) is -0.163. The smallest absolute Gasteiger partial charge is 0.250 e. The number of nitrogens with one attached hydrogen (secondary N) is 2. The first-order valence-electron chi connectivity index (χ1n) is 6.45. The molecule has 0 bridgehead atoms. The average Bonchev–Trinajstić information content (AvgIpc) is 2.52. The number of anilines is 1. The first kappa shape index (κ1) is 14.5. The van der Waals surface area contributed by atoms with Gasteiger partial charge in [-0.2, -0.15) is 0 Å². The van der Waals surface area contributed by atoms with Gasteiger partial charge in [-0.05, 0) is 17.7 Å². The second kappa shape index (κ2) is 7.04. The van der Waals surface area contributed by atoms with Crippen molar-refractivity contribution >= 4 is 17.6 Å². The highest BCUT2D eigenvalue weighted by molar-refractivity contribution is 5.92. The Labute approximate surface area is 122 Å². The van der Waals surface area contributed by atoms with Crippen LogP contribution >= 0.6 is 0 Å². The molecule has 2 rings (SSSR count). The van der Waals surface area contributed by atoms with Crippen molar-refractivity contribution in [2.45, 2.75) is 6.54 Å². The van der Waals surface area contributed by atoms with E-state index < -0.39 is 5.91 Å². The third kappa shape index (κ3) is 4.61. The van der Waals surface area contributed by atoms with Crippen LogP contribution in [0.25, 0.3) is 0 Å². The Morgan fingerprint density at radius 3 is 2.48 bits per heavy atom. The number of carbonyl (C=O) groups excluding carboxylic acids is 2. The lowest BCUT2D eigenvalue weighted by Gasteiger charge is -2.07. The fraction of sp³-hybridized carbons (Fsp3) is 0.133. The third-order valence-corrected chi connectivity index (χ3v) is 2.81. The van der Waals surface area contributed by atoms with Gasteiger partial charge in [0, 0.05) is 12.7 Å². The molecule has 0 saturated carbocycles. The molecular weight excluding hydrogens is 268 g/mol. The Kier molecular flexibility index (Phi) is 4.87. The van der Waals surface area contributed by atoms with Crippen LogP contribution in [-0.2, 0) is 11.3 Å². The summed E-state index contributed by atoms with van der Waals surface area (Å²) < 4.78 is 0. The second-order valence-electron chi connectivity index (χ2n) is 4.41. The number of nitrogens with two attached hydrogens (primary N) is 1. The van der Waals surface area contributed by atoms with E-state index >= 15 is 0 Å². The number of primary amides is 1. The number of aromatic nitrogens is 1. The van der Waals surface area contributed by atoms with Crippen LogP contribution in [0.4, 0.5) is 5.82 Å². The van der Waals surface area contributed by atoms with Crippen LogP contribution in [0.1, 0.15) is 15.9 Å². The van der Waals surface area contributed by atoms with Gasteiger partial charge in [0.2, 0.25) is 11.8 Å². The van der Waals surface area contributed by atoms with Crippen LogP contribution in [0.3, 0.4) is 0 Å². The Morgan fingerprint density at radius 2 is 1.86 bits per heavy atom. The van der Waals surface area contributed by atoms with Crippen molar-refractivity contribution in [3.05, 3.63) is 59.8 Å². The Hall–Kier alpha value is -2.89. The van der Waals surface area contributed by atoms with Crippen molar-refractivity contribution in [1.29, 1.82) is 0 Å². The third-order valence-electron chi connectivity index (χ3n) is 2.81. The molecule has 2 aromatic rings. The molecule has 1 heterocycles. The van der Waals surface area contributed by atoms with E-state index in [1.165, 1.54) is 6.20 Å². The van der Waals surface area contributed by atoms with Crippen molar-refractivity contribution in [3.63, 3.8) is 0 Å². The largest absolute Gasteiger partial charge is 0.366 e. The average molecular weight is 284 g/mol. The monoisotopic (exact) mass is 284 g/mol. The van der Waals surface area contributed by atoms with Crippen LogP contribution in [-0.4, -0.2) is 23.3 Å². The quantitative estimate of drug-likeness (QED) is 0.734. The molecule has 108 valence electrons. The lowest BCUT2D eigenvalue weighted by molar-refractivity contribution is -0.119. The summed E-state index contributed by atoms with van der Waals surface area (Å²) in [6.45, 7) is 0.588. The molecule has 6 nitrogen and oxygen atoms in total. The van der Waals surface area contributed by atoms with Crippen molar-refractivity contribution < 1.29 is 9.59 Å². The highest BCUT2D eigenvalue weighted by Gasteiger charge is 2.03. The Morgan fingerprint density at radius 1 is 1.10 bits per heavy atom. The molecular formula is C15H16N4O2. The van der Waals surface area contributed by atoms with Crippen LogP contribution in [0.5, 0.6) is 0 Å². The standard InChI is InChI=1S/C15H16N4O2/c16-15(21)12-6-7-13(17-9-12)18-10-14(20)19-8-11-4-2-1-3-5-11/h1-7,9H,8,10H2,(H2,16,21)(H,17,18)(H,19,20). The SMILES string of the molecule is NC(=O)c1ccc(NCC(=O)NCc2ccccc2)nc1. The van der Waals surface area contributed by atoms with Gasteiger partial charge in [-0.1, -0.05) is 30.3 Å². The molecule has 21 heavy (non-hydrogen) atoms. The number of amides is 2. The van der Waals surface area contributed by atoms with Crippen molar-refractivity contribution in [2.24, 2.45) is 5.73 Å². The summed E-state index contributed by atoms with van der Waals surface area (Å²) in [6.07, 6.45) is 1.37. The summed E-state index contributed by atoms with van der Waals surface area (Å²) in [5.41, 5.74) is 6.48. The first-order chi connectivity index (χ1) is 10.1. The Bertz CT molecular complexity index is 611. The molecule has 0 aliphatic carbocycles. The van der Waals surface area contributed by atoms with E-state index in [0.717, 1.165) is 5.56 Å². The van der Waals surface area contributed by atoms with Gasteiger partial charge in [-0.3, -0.25) is 9.59 Å². The Balaban J connectivity index is 1.77. The van der Waals surface area contributed by atoms with E-state index in [1.54, 1.807) is 12.1 Å². The zero-order valence-corrected chi connectivity index (χ0v) is 11.4. The van der Waals surface area contributed by atoms with Gasteiger partial charge in [0.1, 0.15) is 5.82 Å². The minimum atomic E-state index is -0.533. The van der Waals surface area contributed by atoms with Gasteiger partial charge in [0.15, 0.2) is 0 Å². The minimum Gasteiger partial charge on any atom is -0.366 e. The van der Waals surface area contributed by atoms with E-state index in [1.807, 2.05) is 30.3 Å². The van der Waals surface area contributed by atoms with Gasteiger partial charge < -0.3 is 16.4 Å². The summed E-state index contributed by atoms with van der Waals surface area (Å²) in [4.78, 5) is 26.6. The fourth-order valence-corrected chi connectivity index (χ4v) is 1.67. The number of benzene rings is 1. The number of hydrogen-bond donors (Lipinski definition) is 3. The predicted octanol–water partition coefficient (Wildman–Crippen LogP) is 0.909. The molecule has 0 radical (unpaired) electrons. The molecule has 6 heteroatoms. The first-order valence-corrected chi connectivity index (χ1v) is 6.45. The minimum absolute atomic E-state index is 0.107. The molecule has 0 aliphatic rings. The van der Waals surface area contributed by atoms with Crippen LogP contribution in [0, 0.1) is 0 Å². The summed E-state index contributed by atoms with van der Waals surface area (Å²) in [5, 5.41) is 5.67. The summed E-state index contributed by atoms with van der Waals surface area (Å²) in [7, 11) is 0. The number of rotatable bonds is 6. The maximum Gasteiger partial charge on any atom is 0.250 e. The second-order valence-corrected chi connectivity index (χ2v) is 4.41. The van der Waals surface area contributed by atoms with Crippen molar-refractivity contribution in [3.8, 4) is 0 Å². The maximum absolute atomic E-state index is 11.7. The predicted molar refractivity (Wildman–Crippen MR) is 79.5 cm³/mol. The number of carbonyl (C=O) groups is 2. The molecule has 0 atom stereocenters. The fourth-order valence-electron chi connectivity index (χ4n) is 1.67. The lowest BCUT2D eigenvalue weighted by atomic mass is 10.2. The van der Waals surface area contributed by atoms with E-state index in [0.29, 0.717) is 17.9 Å². The highest BCUT2D eigenvalue weighted by Crippen LogP contribution is 2.04. The van der Waals surface area contributed by atoms with Crippen molar-refractivity contribution in [1.82, 2.24) is 10.3 Å². The molecule has 4 N–H and O–H groups in total. The molecule has 0 unspecified atom stereocenters. The van der Waals surface area contributed by atoms with Gasteiger partial charge in [-0.15, -0.1) is 0 Å². The van der Waals surface area contributed by atoms with E-state index in [4.69, 9.17) is 5.73 Å². The molecule has 0 saturated heterocycles. The van der Waals surface area contributed by atoms with Crippen LogP contribution in [0.2, 0.25) is 0 Å². The van der Waals surface area contributed by atoms with Gasteiger partial charge in [0.05, 0.1) is 12.1 Å². The molecule has 0 fully saturated rings. The molecule has 0 spiro atoms. The zero-order chi connectivity index (χ0) is 15.1. The number of nitrogens with zero attached hydrogens (tertiary/aromatic N) is 1. The molecule has 0 aliphatic heterocycles. The molecule has 1 aromatic heterocycles. The van der Waals surface area contributed by atoms with E-state index in [-0.39, 0.29) is 12.5 Å². The van der Waals surface area contributed by atoms with Crippen LogP contribution in [0.15, 0.2) is 48.7 Å². The summed E-state index contributed by atoms with van der Waals surface area (Å²) in [6, 6.07) is 12.8. The lowest BCUT2D eigenvalue weighted by Crippen LogP contribution is -2.29. The van der Waals surface area contributed by atoms with E-state index in [2.05, 4.69) is 15.6 Å². The number of pyridine rings is 1. The highest BCUT2D eigenvalue weighted by atomic mass is 16.2. The molecule has 2 amide bonds. The van der Waals surface area contributed by atoms with Crippen molar-refractivity contribution in [2.75, 3.05) is 11.9 Å². The van der Waals surface area contributed by atoms with E-state index in [9.17, 15) is 9.59 Å². The van der Waals surface area contributed by atoms with Gasteiger partial charge in [0.25, 0.3) is 0 Å². The topological polar surface area (TPSA) is 97.1 Å².